The molecule has 1 unspecified atom stereocenters. The Morgan fingerprint density at radius 2 is 2.00 bits per heavy atom. The molecule has 0 aliphatic rings. The number of nitrogens with one attached hydrogen (secondary N) is 1. The van der Waals surface area contributed by atoms with Gasteiger partial charge in [0, 0.05) is 23.9 Å². The van der Waals surface area contributed by atoms with Crippen LogP contribution in [0.15, 0.2) is 24.4 Å². The summed E-state index contributed by atoms with van der Waals surface area (Å²) in [6.45, 7) is 5.00. The Balaban J connectivity index is 2.54. The van der Waals surface area contributed by atoms with Gasteiger partial charge in [0.15, 0.2) is 0 Å². The number of nitrogens with zero attached hydrogens (tertiary/aromatic N) is 2. The average Bonchev–Trinajstić information content (AvgIpc) is 2.84. The predicted molar refractivity (Wildman–Crippen MR) is 83.0 cm³/mol. The Labute approximate surface area is 125 Å². The smallest absolute Gasteiger partial charge is 0.124 e. The lowest BCUT2D eigenvalue weighted by Crippen LogP contribution is -2.23. The fourth-order valence-electron chi connectivity index (χ4n) is 2.46. The summed E-state index contributed by atoms with van der Waals surface area (Å²) in [7, 11) is 5.30. The first-order valence-corrected chi connectivity index (χ1v) is 7.06. The van der Waals surface area contributed by atoms with Gasteiger partial charge in [-0.25, -0.2) is 0 Å². The molecule has 5 nitrogen and oxygen atoms in total. The van der Waals surface area contributed by atoms with Crippen LogP contribution in [0.2, 0.25) is 0 Å². The summed E-state index contributed by atoms with van der Waals surface area (Å²) in [4.78, 5) is 0. The van der Waals surface area contributed by atoms with Crippen molar-refractivity contribution in [2.75, 3.05) is 20.8 Å². The summed E-state index contributed by atoms with van der Waals surface area (Å²) in [6, 6.07) is 5.87. The SMILES string of the molecule is CCNC(c1cc(OC)ccc1OC)c1cnn(C)c1C. The van der Waals surface area contributed by atoms with Gasteiger partial charge in [-0.15, -0.1) is 0 Å². The van der Waals surface area contributed by atoms with Gasteiger partial charge in [0.1, 0.15) is 11.5 Å². The summed E-state index contributed by atoms with van der Waals surface area (Å²) in [5.74, 6) is 1.65. The number of benzene rings is 1. The molecular weight excluding hydrogens is 266 g/mol. The van der Waals surface area contributed by atoms with Gasteiger partial charge in [0.2, 0.25) is 0 Å². The normalized spacial score (nSPS) is 12.2. The number of methoxy groups -OCH3 is 2. The Bertz CT molecular complexity index is 608. The molecule has 5 heteroatoms. The Morgan fingerprint density at radius 1 is 1.24 bits per heavy atom. The van der Waals surface area contributed by atoms with E-state index in [4.69, 9.17) is 9.47 Å². The molecule has 0 aliphatic carbocycles. The summed E-state index contributed by atoms with van der Waals surface area (Å²) >= 11 is 0. The minimum absolute atomic E-state index is 0.0220. The van der Waals surface area contributed by atoms with E-state index in [0.29, 0.717) is 0 Å². The van der Waals surface area contributed by atoms with E-state index >= 15 is 0 Å². The van der Waals surface area contributed by atoms with E-state index in [1.54, 1.807) is 14.2 Å². The molecular formula is C16H23N3O2. The highest BCUT2D eigenvalue weighted by Crippen LogP contribution is 2.34. The molecule has 1 atom stereocenters. The first-order chi connectivity index (χ1) is 10.1. The van der Waals surface area contributed by atoms with Gasteiger partial charge in [-0.1, -0.05) is 6.92 Å². The van der Waals surface area contributed by atoms with Crippen LogP contribution in [0.25, 0.3) is 0 Å². The zero-order valence-corrected chi connectivity index (χ0v) is 13.3. The number of ether oxygens (including phenoxy) is 2. The molecule has 1 aromatic heterocycles. The van der Waals surface area contributed by atoms with Gasteiger partial charge in [0.05, 0.1) is 26.5 Å². The minimum atomic E-state index is 0.0220. The van der Waals surface area contributed by atoms with Gasteiger partial charge in [-0.2, -0.15) is 5.10 Å². The van der Waals surface area contributed by atoms with Crippen LogP contribution in [0.1, 0.15) is 29.8 Å². The van der Waals surface area contributed by atoms with Crippen molar-refractivity contribution in [3.63, 3.8) is 0 Å². The van der Waals surface area contributed by atoms with Gasteiger partial charge >= 0.3 is 0 Å². The third-order valence-corrected chi connectivity index (χ3v) is 3.74. The molecule has 0 radical (unpaired) electrons. The number of hydrogen-bond donors (Lipinski definition) is 1. The zero-order chi connectivity index (χ0) is 15.4. The molecule has 1 N–H and O–H groups in total. The Hall–Kier alpha value is -2.01. The average molecular weight is 289 g/mol. The summed E-state index contributed by atoms with van der Waals surface area (Å²) < 4.78 is 12.7. The van der Waals surface area contributed by atoms with E-state index in [-0.39, 0.29) is 6.04 Å². The standard InChI is InChI=1S/C16H23N3O2/c1-6-17-16(14-10-18-19(3)11(14)2)13-9-12(20-4)7-8-15(13)21-5/h7-10,16-17H,6H2,1-5H3. The van der Waals surface area contributed by atoms with Crippen LogP contribution in [0.3, 0.4) is 0 Å². The van der Waals surface area contributed by atoms with Crippen LogP contribution in [-0.4, -0.2) is 30.5 Å². The second-order valence-electron chi connectivity index (χ2n) is 4.91. The Kier molecular flexibility index (Phi) is 4.85. The largest absolute Gasteiger partial charge is 0.497 e. The van der Waals surface area contributed by atoms with Crippen molar-refractivity contribution < 1.29 is 9.47 Å². The van der Waals surface area contributed by atoms with Gasteiger partial charge in [0.25, 0.3) is 0 Å². The van der Waals surface area contributed by atoms with Gasteiger partial charge in [-0.05, 0) is 31.7 Å². The van der Waals surface area contributed by atoms with Crippen LogP contribution in [0, 0.1) is 6.92 Å². The highest BCUT2D eigenvalue weighted by molar-refractivity contribution is 5.46. The van der Waals surface area contributed by atoms with E-state index in [1.165, 1.54) is 0 Å². The zero-order valence-electron chi connectivity index (χ0n) is 13.3. The Morgan fingerprint density at radius 3 is 2.52 bits per heavy atom. The second-order valence-corrected chi connectivity index (χ2v) is 4.91. The highest BCUT2D eigenvalue weighted by Gasteiger charge is 2.22. The van der Waals surface area contributed by atoms with Crippen LogP contribution < -0.4 is 14.8 Å². The maximum atomic E-state index is 5.52. The maximum Gasteiger partial charge on any atom is 0.124 e. The molecule has 0 amide bonds. The molecule has 21 heavy (non-hydrogen) atoms. The second kappa shape index (κ2) is 6.63. The van der Waals surface area contributed by atoms with Crippen LogP contribution >= 0.6 is 0 Å². The van der Waals surface area contributed by atoms with Crippen molar-refractivity contribution >= 4 is 0 Å². The predicted octanol–water partition coefficient (Wildman–Crippen LogP) is 2.44. The van der Waals surface area contributed by atoms with E-state index in [9.17, 15) is 0 Å². The van der Waals surface area contributed by atoms with Crippen molar-refractivity contribution in [1.82, 2.24) is 15.1 Å². The van der Waals surface area contributed by atoms with Gasteiger partial charge in [-0.3, -0.25) is 4.68 Å². The van der Waals surface area contributed by atoms with Crippen LogP contribution in [0.4, 0.5) is 0 Å². The first kappa shape index (κ1) is 15.4. The molecule has 0 bridgehead atoms. The fraction of sp³-hybridized carbons (Fsp3) is 0.438. The number of hydrogen-bond acceptors (Lipinski definition) is 4. The van der Waals surface area contributed by atoms with E-state index in [2.05, 4.69) is 24.3 Å². The molecule has 114 valence electrons. The monoisotopic (exact) mass is 289 g/mol. The van der Waals surface area contributed by atoms with Crippen molar-refractivity contribution in [1.29, 1.82) is 0 Å². The molecule has 2 aromatic rings. The van der Waals surface area contributed by atoms with E-state index in [1.807, 2.05) is 36.1 Å². The van der Waals surface area contributed by atoms with Crippen molar-refractivity contribution in [2.45, 2.75) is 19.9 Å². The molecule has 1 aromatic carbocycles. The third-order valence-electron chi connectivity index (χ3n) is 3.74. The fourth-order valence-corrected chi connectivity index (χ4v) is 2.46. The molecule has 0 fully saturated rings. The topological polar surface area (TPSA) is 48.3 Å². The molecule has 2 rings (SSSR count). The minimum Gasteiger partial charge on any atom is -0.497 e. The van der Waals surface area contributed by atoms with E-state index in [0.717, 1.165) is 34.9 Å². The molecule has 0 spiro atoms. The number of aryl methyl sites for hydroxylation is 1. The first-order valence-electron chi connectivity index (χ1n) is 7.06. The van der Waals surface area contributed by atoms with Crippen molar-refractivity contribution in [3.05, 3.63) is 41.2 Å². The third kappa shape index (κ3) is 3.03. The number of aromatic nitrogens is 2. The van der Waals surface area contributed by atoms with E-state index < -0.39 is 0 Å². The van der Waals surface area contributed by atoms with Gasteiger partial charge < -0.3 is 14.8 Å². The lowest BCUT2D eigenvalue weighted by molar-refractivity contribution is 0.394. The summed E-state index contributed by atoms with van der Waals surface area (Å²) in [6.07, 6.45) is 1.90. The lowest BCUT2D eigenvalue weighted by atomic mass is 9.98. The molecule has 0 saturated heterocycles. The quantitative estimate of drug-likeness (QED) is 0.887. The van der Waals surface area contributed by atoms with Crippen LogP contribution in [-0.2, 0) is 7.05 Å². The van der Waals surface area contributed by atoms with Crippen molar-refractivity contribution in [3.8, 4) is 11.5 Å². The lowest BCUT2D eigenvalue weighted by Gasteiger charge is -2.21. The van der Waals surface area contributed by atoms with Crippen LogP contribution in [0.5, 0.6) is 11.5 Å². The summed E-state index contributed by atoms with van der Waals surface area (Å²) in [5, 5.41) is 7.85. The highest BCUT2D eigenvalue weighted by atomic mass is 16.5. The molecule has 1 heterocycles. The molecule has 0 saturated carbocycles. The summed E-state index contributed by atoms with van der Waals surface area (Å²) in [5.41, 5.74) is 3.33. The number of rotatable bonds is 6. The van der Waals surface area contributed by atoms with Crippen molar-refractivity contribution in [2.24, 2.45) is 7.05 Å². The maximum absolute atomic E-state index is 5.52. The molecule has 0 aliphatic heterocycles.